The van der Waals surface area contributed by atoms with Gasteiger partial charge in [-0.05, 0) is 47.1 Å². The van der Waals surface area contributed by atoms with Crippen LogP contribution in [0, 0.1) is 0 Å². The third-order valence-corrected chi connectivity index (χ3v) is 3.25. The van der Waals surface area contributed by atoms with E-state index in [0.29, 0.717) is 6.04 Å². The van der Waals surface area contributed by atoms with Crippen molar-refractivity contribution in [2.45, 2.75) is 77.5 Å². The molecule has 1 atom stereocenters. The monoisotopic (exact) mass is 213 g/mol. The van der Waals surface area contributed by atoms with Gasteiger partial charge >= 0.3 is 0 Å². The van der Waals surface area contributed by atoms with E-state index in [9.17, 15) is 0 Å². The largest absolute Gasteiger partial charge is 0.368 e. The lowest BCUT2D eigenvalue weighted by Crippen LogP contribution is -2.43. The van der Waals surface area contributed by atoms with E-state index in [0.717, 1.165) is 13.0 Å². The number of ether oxygens (including phenoxy) is 1. The molecule has 1 aliphatic rings. The van der Waals surface area contributed by atoms with Crippen molar-refractivity contribution in [1.29, 1.82) is 0 Å². The van der Waals surface area contributed by atoms with Crippen molar-refractivity contribution in [3.05, 3.63) is 0 Å². The van der Waals surface area contributed by atoms with Crippen molar-refractivity contribution >= 4 is 0 Å². The van der Waals surface area contributed by atoms with Gasteiger partial charge < -0.3 is 10.1 Å². The zero-order chi connectivity index (χ0) is 11.5. The van der Waals surface area contributed by atoms with Crippen LogP contribution in [0.15, 0.2) is 0 Å². The average Bonchev–Trinajstić information content (AvgIpc) is 2.28. The number of hydrogen-bond donors (Lipinski definition) is 1. The van der Waals surface area contributed by atoms with Crippen molar-refractivity contribution in [2.24, 2.45) is 0 Å². The summed E-state index contributed by atoms with van der Waals surface area (Å²) in [5.41, 5.74) is 0.0155. The second kappa shape index (κ2) is 4.84. The molecule has 0 aliphatic carbocycles. The SMILES string of the molecule is CCCCCN[C@H]1CC(C)(C)OC1(C)C. The molecule has 0 aromatic carbocycles. The van der Waals surface area contributed by atoms with Crippen molar-refractivity contribution in [2.75, 3.05) is 6.54 Å². The Balaban J connectivity index is 2.35. The minimum atomic E-state index is -0.0181. The Morgan fingerprint density at radius 1 is 1.20 bits per heavy atom. The Morgan fingerprint density at radius 3 is 2.33 bits per heavy atom. The van der Waals surface area contributed by atoms with E-state index in [1.54, 1.807) is 0 Å². The topological polar surface area (TPSA) is 21.3 Å². The molecule has 1 saturated heterocycles. The number of unbranched alkanes of at least 4 members (excludes halogenated alkanes) is 2. The van der Waals surface area contributed by atoms with Crippen molar-refractivity contribution in [3.63, 3.8) is 0 Å². The van der Waals surface area contributed by atoms with Crippen LogP contribution in [0.1, 0.15) is 60.3 Å². The highest BCUT2D eigenvalue weighted by molar-refractivity contribution is 4.98. The van der Waals surface area contributed by atoms with E-state index in [1.165, 1.54) is 19.3 Å². The van der Waals surface area contributed by atoms with Crippen LogP contribution in [0.4, 0.5) is 0 Å². The smallest absolute Gasteiger partial charge is 0.0787 e. The highest BCUT2D eigenvalue weighted by atomic mass is 16.5. The molecule has 0 aromatic rings. The quantitative estimate of drug-likeness (QED) is 0.709. The lowest BCUT2D eigenvalue weighted by atomic mass is 9.94. The van der Waals surface area contributed by atoms with E-state index in [-0.39, 0.29) is 11.2 Å². The van der Waals surface area contributed by atoms with Gasteiger partial charge in [-0.15, -0.1) is 0 Å². The fourth-order valence-electron chi connectivity index (χ4n) is 2.53. The first-order valence-corrected chi connectivity index (χ1v) is 6.31. The molecule has 1 N–H and O–H groups in total. The summed E-state index contributed by atoms with van der Waals surface area (Å²) in [5, 5.41) is 3.64. The van der Waals surface area contributed by atoms with Crippen LogP contribution in [-0.4, -0.2) is 23.8 Å². The molecule has 2 nitrogen and oxygen atoms in total. The van der Waals surface area contributed by atoms with Crippen LogP contribution >= 0.6 is 0 Å². The fourth-order valence-corrected chi connectivity index (χ4v) is 2.53. The molecule has 0 amide bonds. The van der Waals surface area contributed by atoms with Crippen molar-refractivity contribution in [3.8, 4) is 0 Å². The Labute approximate surface area is 94.8 Å². The fraction of sp³-hybridized carbons (Fsp3) is 1.00. The van der Waals surface area contributed by atoms with Gasteiger partial charge in [0.1, 0.15) is 0 Å². The molecule has 1 rings (SSSR count). The Hall–Kier alpha value is -0.0800. The van der Waals surface area contributed by atoms with Crippen molar-refractivity contribution < 1.29 is 4.74 Å². The second-order valence-corrected chi connectivity index (χ2v) is 5.88. The van der Waals surface area contributed by atoms with Gasteiger partial charge in [-0.25, -0.2) is 0 Å². The number of rotatable bonds is 5. The molecule has 0 spiro atoms. The lowest BCUT2D eigenvalue weighted by Gasteiger charge is -2.27. The molecular formula is C13H27NO. The normalized spacial score (nSPS) is 28.2. The summed E-state index contributed by atoms with van der Waals surface area (Å²) in [5.74, 6) is 0. The van der Waals surface area contributed by atoms with Crippen molar-refractivity contribution in [1.82, 2.24) is 5.32 Å². The molecule has 0 unspecified atom stereocenters. The maximum Gasteiger partial charge on any atom is 0.0787 e. The van der Waals surface area contributed by atoms with Crippen LogP contribution in [0.25, 0.3) is 0 Å². The molecule has 90 valence electrons. The first kappa shape index (κ1) is 13.0. The molecule has 0 bridgehead atoms. The van der Waals surface area contributed by atoms with Crippen LogP contribution in [-0.2, 0) is 4.74 Å². The molecule has 1 fully saturated rings. The van der Waals surface area contributed by atoms with E-state index in [2.05, 4.69) is 39.9 Å². The van der Waals surface area contributed by atoms with Gasteiger partial charge in [0.2, 0.25) is 0 Å². The highest BCUT2D eigenvalue weighted by Gasteiger charge is 2.45. The summed E-state index contributed by atoms with van der Waals surface area (Å²) >= 11 is 0. The Bertz CT molecular complexity index is 199. The Morgan fingerprint density at radius 2 is 1.87 bits per heavy atom. The van der Waals surface area contributed by atoms with Gasteiger partial charge in [0, 0.05) is 6.04 Å². The second-order valence-electron chi connectivity index (χ2n) is 5.88. The summed E-state index contributed by atoms with van der Waals surface area (Å²) < 4.78 is 6.04. The molecule has 0 saturated carbocycles. The minimum absolute atomic E-state index is 0.0181. The van der Waals surface area contributed by atoms with Gasteiger partial charge in [-0.1, -0.05) is 19.8 Å². The van der Waals surface area contributed by atoms with Crippen LogP contribution in [0.3, 0.4) is 0 Å². The zero-order valence-electron chi connectivity index (χ0n) is 11.0. The van der Waals surface area contributed by atoms with Gasteiger partial charge in [-0.2, -0.15) is 0 Å². The summed E-state index contributed by atoms with van der Waals surface area (Å²) in [6, 6.07) is 0.504. The lowest BCUT2D eigenvalue weighted by molar-refractivity contribution is -0.0697. The summed E-state index contributed by atoms with van der Waals surface area (Å²) in [7, 11) is 0. The first-order valence-electron chi connectivity index (χ1n) is 6.31. The maximum atomic E-state index is 6.04. The molecule has 15 heavy (non-hydrogen) atoms. The molecule has 1 heterocycles. The summed E-state index contributed by atoms with van der Waals surface area (Å²) in [6.45, 7) is 12.1. The zero-order valence-corrected chi connectivity index (χ0v) is 11.0. The molecular weight excluding hydrogens is 186 g/mol. The summed E-state index contributed by atoms with van der Waals surface area (Å²) in [4.78, 5) is 0. The first-order chi connectivity index (χ1) is 6.87. The van der Waals surface area contributed by atoms with Crippen LogP contribution < -0.4 is 5.32 Å². The van der Waals surface area contributed by atoms with E-state index in [4.69, 9.17) is 4.74 Å². The van der Waals surface area contributed by atoms with Gasteiger partial charge in [0.15, 0.2) is 0 Å². The van der Waals surface area contributed by atoms with E-state index >= 15 is 0 Å². The van der Waals surface area contributed by atoms with E-state index in [1.807, 2.05) is 0 Å². The predicted molar refractivity (Wildman–Crippen MR) is 65.2 cm³/mol. The predicted octanol–water partition coefficient (Wildman–Crippen LogP) is 3.11. The van der Waals surface area contributed by atoms with Gasteiger partial charge in [0.25, 0.3) is 0 Å². The number of hydrogen-bond acceptors (Lipinski definition) is 2. The van der Waals surface area contributed by atoms with E-state index < -0.39 is 0 Å². The third kappa shape index (κ3) is 3.76. The molecule has 0 aromatic heterocycles. The molecule has 2 heteroatoms. The maximum absolute atomic E-state index is 6.04. The summed E-state index contributed by atoms with van der Waals surface area (Å²) in [6.07, 6.45) is 5.01. The third-order valence-electron chi connectivity index (χ3n) is 3.25. The van der Waals surface area contributed by atoms with Gasteiger partial charge in [0.05, 0.1) is 11.2 Å². The van der Waals surface area contributed by atoms with Crippen LogP contribution in [0.2, 0.25) is 0 Å². The van der Waals surface area contributed by atoms with Gasteiger partial charge in [-0.3, -0.25) is 0 Å². The standard InChI is InChI=1S/C13H27NO/c1-6-7-8-9-14-11-10-12(2,3)15-13(11,4)5/h11,14H,6-10H2,1-5H3/t11-/m0/s1. The highest BCUT2D eigenvalue weighted by Crippen LogP contribution is 2.37. The molecule has 1 aliphatic heterocycles. The molecule has 0 radical (unpaired) electrons. The van der Waals surface area contributed by atoms with Crippen LogP contribution in [0.5, 0.6) is 0 Å². The number of nitrogens with one attached hydrogen (secondary N) is 1. The average molecular weight is 213 g/mol. The minimum Gasteiger partial charge on any atom is -0.368 e. The Kier molecular flexibility index (Phi) is 4.19.